The van der Waals surface area contributed by atoms with Gasteiger partial charge in [-0.1, -0.05) is 62.9 Å². The smallest absolute Gasteiger partial charge is 0.242 e. The molecule has 2 aromatic rings. The Bertz CT molecular complexity index is 892. The number of unbranched alkanes of at least 4 members (excludes halogenated alkanes) is 4. The average molecular weight is 498 g/mol. The lowest BCUT2D eigenvalue weighted by Gasteiger charge is -2.29. The van der Waals surface area contributed by atoms with Crippen LogP contribution in [-0.2, 0) is 22.7 Å². The zero-order valence-corrected chi connectivity index (χ0v) is 22.5. The minimum absolute atomic E-state index is 0.0300. The van der Waals surface area contributed by atoms with E-state index in [9.17, 15) is 9.59 Å². The van der Waals surface area contributed by atoms with E-state index in [1.165, 1.54) is 42.5 Å². The number of thiophene rings is 1. The summed E-state index contributed by atoms with van der Waals surface area (Å²) in [7, 11) is 0. The van der Waals surface area contributed by atoms with Gasteiger partial charge in [-0.25, -0.2) is 0 Å². The molecule has 2 heterocycles. The molecule has 1 saturated heterocycles. The van der Waals surface area contributed by atoms with Crippen molar-refractivity contribution in [3.63, 3.8) is 0 Å². The maximum Gasteiger partial charge on any atom is 0.242 e. The van der Waals surface area contributed by atoms with E-state index in [1.54, 1.807) is 11.3 Å². The van der Waals surface area contributed by atoms with Gasteiger partial charge >= 0.3 is 0 Å². The van der Waals surface area contributed by atoms with Crippen molar-refractivity contribution in [3.8, 4) is 0 Å². The zero-order chi connectivity index (χ0) is 24.9. The molecule has 35 heavy (non-hydrogen) atoms. The van der Waals surface area contributed by atoms with E-state index in [-0.39, 0.29) is 18.4 Å². The van der Waals surface area contributed by atoms with Crippen LogP contribution >= 0.6 is 11.3 Å². The number of carbonyl (C=O) groups is 2. The Morgan fingerprint density at radius 3 is 2.34 bits per heavy atom. The Morgan fingerprint density at radius 2 is 1.66 bits per heavy atom. The second-order valence-electron chi connectivity index (χ2n) is 9.79. The molecule has 0 aliphatic carbocycles. The number of amides is 2. The fourth-order valence-corrected chi connectivity index (χ4v) is 5.56. The van der Waals surface area contributed by atoms with E-state index >= 15 is 0 Å². The quantitative estimate of drug-likeness (QED) is 0.289. The molecule has 2 amide bonds. The highest BCUT2D eigenvalue weighted by Gasteiger charge is 2.23. The number of benzene rings is 1. The molecule has 0 saturated carbocycles. The molecule has 0 unspecified atom stereocenters. The van der Waals surface area contributed by atoms with Gasteiger partial charge in [-0.05, 0) is 61.8 Å². The van der Waals surface area contributed by atoms with Gasteiger partial charge in [-0.3, -0.25) is 9.59 Å². The molecule has 1 aliphatic rings. The molecule has 1 aromatic heterocycles. The second kappa shape index (κ2) is 15.0. The number of nitrogens with zero attached hydrogens (tertiary/aromatic N) is 3. The minimum atomic E-state index is 0.0300. The van der Waals surface area contributed by atoms with Crippen LogP contribution in [0.5, 0.6) is 0 Å². The lowest BCUT2D eigenvalue weighted by molar-refractivity contribution is -0.141. The molecule has 6 heteroatoms. The molecule has 0 radical (unpaired) electrons. The van der Waals surface area contributed by atoms with E-state index in [2.05, 4.69) is 42.3 Å². The normalized spacial score (nSPS) is 13.8. The third-order valence-electron chi connectivity index (χ3n) is 6.93. The summed E-state index contributed by atoms with van der Waals surface area (Å²) in [5.74, 6) is 0.156. The predicted octanol–water partition coefficient (Wildman–Crippen LogP) is 5.87. The van der Waals surface area contributed by atoms with Gasteiger partial charge < -0.3 is 14.7 Å². The number of likely N-dealkylation sites (tertiary alicyclic amines) is 1. The van der Waals surface area contributed by atoms with Gasteiger partial charge in [0.25, 0.3) is 0 Å². The van der Waals surface area contributed by atoms with Crippen LogP contribution < -0.4 is 0 Å². The first kappa shape index (κ1) is 27.4. The third-order valence-corrected chi connectivity index (χ3v) is 7.94. The monoisotopic (exact) mass is 497 g/mol. The maximum atomic E-state index is 13.6. The van der Waals surface area contributed by atoms with Crippen molar-refractivity contribution in [3.05, 3.63) is 57.8 Å². The number of hydrogen-bond donors (Lipinski definition) is 0. The highest BCUT2D eigenvalue weighted by Crippen LogP contribution is 2.20. The van der Waals surface area contributed by atoms with Crippen molar-refractivity contribution in [2.45, 2.75) is 78.3 Å². The van der Waals surface area contributed by atoms with Gasteiger partial charge in [0.15, 0.2) is 0 Å². The Balaban J connectivity index is 1.67. The summed E-state index contributed by atoms with van der Waals surface area (Å²) >= 11 is 1.69. The largest absolute Gasteiger partial charge is 0.332 e. The molecule has 192 valence electrons. The van der Waals surface area contributed by atoms with Gasteiger partial charge in [0.05, 0.1) is 13.1 Å². The molecule has 1 fully saturated rings. The van der Waals surface area contributed by atoms with Crippen LogP contribution in [0.25, 0.3) is 0 Å². The van der Waals surface area contributed by atoms with E-state index in [4.69, 9.17) is 0 Å². The van der Waals surface area contributed by atoms with Crippen molar-refractivity contribution in [1.29, 1.82) is 0 Å². The van der Waals surface area contributed by atoms with Gasteiger partial charge in [-0.2, -0.15) is 0 Å². The van der Waals surface area contributed by atoms with E-state index in [1.807, 2.05) is 28.0 Å². The van der Waals surface area contributed by atoms with Crippen LogP contribution in [0, 0.1) is 6.92 Å². The third kappa shape index (κ3) is 9.42. The van der Waals surface area contributed by atoms with Crippen LogP contribution in [0.2, 0.25) is 0 Å². The molecular weight excluding hydrogens is 454 g/mol. The van der Waals surface area contributed by atoms with Crippen LogP contribution in [0.1, 0.15) is 74.3 Å². The Kier molecular flexibility index (Phi) is 11.8. The SMILES string of the molecule is CCCCCCCC(=O)N(CCN1CCCC1)CC(=O)N(Cc1ccccc1)Cc1sccc1C. The molecule has 3 rings (SSSR count). The lowest BCUT2D eigenvalue weighted by Crippen LogP contribution is -2.45. The van der Waals surface area contributed by atoms with Gasteiger partial charge in [0, 0.05) is 30.9 Å². The number of carbonyl (C=O) groups excluding carboxylic acids is 2. The van der Waals surface area contributed by atoms with Crippen LogP contribution in [0.3, 0.4) is 0 Å². The highest BCUT2D eigenvalue weighted by atomic mass is 32.1. The summed E-state index contributed by atoms with van der Waals surface area (Å²) in [6, 6.07) is 12.3. The van der Waals surface area contributed by atoms with Crippen molar-refractivity contribution in [2.75, 3.05) is 32.7 Å². The summed E-state index contributed by atoms with van der Waals surface area (Å²) in [4.78, 5) is 34.2. The van der Waals surface area contributed by atoms with Crippen LogP contribution in [0.15, 0.2) is 41.8 Å². The Morgan fingerprint density at radius 1 is 0.914 bits per heavy atom. The second-order valence-corrected chi connectivity index (χ2v) is 10.8. The molecule has 1 aromatic carbocycles. The van der Waals surface area contributed by atoms with Crippen LogP contribution in [-0.4, -0.2) is 59.2 Å². The molecule has 0 bridgehead atoms. The average Bonchev–Trinajstić information content (AvgIpc) is 3.53. The molecule has 0 N–H and O–H groups in total. The van der Waals surface area contributed by atoms with Crippen molar-refractivity contribution in [2.24, 2.45) is 0 Å². The standard InChI is InChI=1S/C29H43N3O2S/c1-3-4-5-6-10-15-28(33)31(20-19-30-17-11-12-18-30)24-29(34)32(22-26-13-8-7-9-14-26)23-27-25(2)16-21-35-27/h7-9,13-14,16,21H,3-6,10-12,15,17-20,22-24H2,1-2H3. The number of aryl methyl sites for hydroxylation is 1. The number of rotatable bonds is 15. The Hall–Kier alpha value is -2.18. The minimum Gasteiger partial charge on any atom is -0.332 e. The fourth-order valence-electron chi connectivity index (χ4n) is 4.64. The maximum absolute atomic E-state index is 13.6. The topological polar surface area (TPSA) is 43.9 Å². The first-order valence-corrected chi connectivity index (χ1v) is 14.3. The summed E-state index contributed by atoms with van der Waals surface area (Å²) in [6.45, 7) is 9.31. The zero-order valence-electron chi connectivity index (χ0n) is 21.7. The molecule has 5 nitrogen and oxygen atoms in total. The summed E-state index contributed by atoms with van der Waals surface area (Å²) in [5.41, 5.74) is 2.33. The number of hydrogen-bond acceptors (Lipinski definition) is 4. The first-order valence-electron chi connectivity index (χ1n) is 13.4. The summed E-state index contributed by atoms with van der Waals surface area (Å²) < 4.78 is 0. The summed E-state index contributed by atoms with van der Waals surface area (Å²) in [6.07, 6.45) is 8.61. The first-order chi connectivity index (χ1) is 17.1. The van der Waals surface area contributed by atoms with E-state index in [0.717, 1.165) is 38.0 Å². The van der Waals surface area contributed by atoms with Gasteiger partial charge in [0.2, 0.25) is 11.8 Å². The highest BCUT2D eigenvalue weighted by molar-refractivity contribution is 7.10. The molecule has 1 aliphatic heterocycles. The van der Waals surface area contributed by atoms with Crippen molar-refractivity contribution >= 4 is 23.2 Å². The Labute approximate surface area is 216 Å². The molecule has 0 spiro atoms. The van der Waals surface area contributed by atoms with Gasteiger partial charge in [-0.15, -0.1) is 11.3 Å². The van der Waals surface area contributed by atoms with E-state index in [0.29, 0.717) is 26.1 Å². The predicted molar refractivity (Wildman–Crippen MR) is 145 cm³/mol. The summed E-state index contributed by atoms with van der Waals surface area (Å²) in [5, 5.41) is 2.08. The van der Waals surface area contributed by atoms with Gasteiger partial charge in [0.1, 0.15) is 0 Å². The fraction of sp³-hybridized carbons (Fsp3) is 0.586. The van der Waals surface area contributed by atoms with Crippen molar-refractivity contribution < 1.29 is 9.59 Å². The lowest BCUT2D eigenvalue weighted by atomic mass is 10.1. The van der Waals surface area contributed by atoms with Crippen LogP contribution in [0.4, 0.5) is 0 Å². The van der Waals surface area contributed by atoms with Crippen molar-refractivity contribution in [1.82, 2.24) is 14.7 Å². The molecule has 0 atom stereocenters. The van der Waals surface area contributed by atoms with E-state index < -0.39 is 0 Å². The molecular formula is C29H43N3O2S.